The van der Waals surface area contributed by atoms with E-state index in [1.807, 2.05) is 13.8 Å². The molecule has 0 aliphatic rings. The standard InChI is InChI=1S/C25H32N4O6/c1-4-7-15-28(22-23(26)29(14-5-2)25(33)27-24(22)32)20(30)17-35-21(31)13-10-18-8-11-19(12-9-18)34-16-6-3/h6,8-13H,3-5,7,14-17,26H2,1-2H3,(H,27,32,33)/b13-10+. The minimum Gasteiger partial charge on any atom is -0.490 e. The molecule has 35 heavy (non-hydrogen) atoms. The first-order valence-corrected chi connectivity index (χ1v) is 11.4. The molecule has 0 atom stereocenters. The number of nitrogens with zero attached hydrogens (tertiary/aromatic N) is 2. The van der Waals surface area contributed by atoms with Gasteiger partial charge in [-0.25, -0.2) is 9.59 Å². The molecular weight excluding hydrogens is 452 g/mol. The lowest BCUT2D eigenvalue weighted by Crippen LogP contribution is -2.43. The number of carbonyl (C=O) groups excluding carboxylic acids is 2. The number of aromatic amines is 1. The molecule has 188 valence electrons. The van der Waals surface area contributed by atoms with E-state index in [9.17, 15) is 19.2 Å². The fourth-order valence-electron chi connectivity index (χ4n) is 3.21. The Bertz CT molecular complexity index is 1160. The van der Waals surface area contributed by atoms with Crippen LogP contribution in [-0.4, -0.2) is 41.2 Å². The molecule has 3 N–H and O–H groups in total. The van der Waals surface area contributed by atoms with Gasteiger partial charge in [-0.05, 0) is 36.6 Å². The van der Waals surface area contributed by atoms with Crippen LogP contribution in [-0.2, 0) is 20.9 Å². The second kappa shape index (κ2) is 13.6. The lowest BCUT2D eigenvalue weighted by atomic mass is 10.2. The Morgan fingerprint density at radius 3 is 2.51 bits per heavy atom. The molecule has 10 nitrogen and oxygen atoms in total. The van der Waals surface area contributed by atoms with Gasteiger partial charge in [0.2, 0.25) is 0 Å². The van der Waals surface area contributed by atoms with E-state index >= 15 is 0 Å². The van der Waals surface area contributed by atoms with Crippen molar-refractivity contribution in [2.45, 2.75) is 39.7 Å². The van der Waals surface area contributed by atoms with Gasteiger partial charge in [-0.15, -0.1) is 0 Å². The van der Waals surface area contributed by atoms with Crippen molar-refractivity contribution >= 4 is 29.5 Å². The van der Waals surface area contributed by atoms with Crippen molar-refractivity contribution in [1.82, 2.24) is 9.55 Å². The number of hydrogen-bond acceptors (Lipinski definition) is 7. The molecule has 0 saturated carbocycles. The molecule has 0 radical (unpaired) electrons. The third-order valence-corrected chi connectivity index (χ3v) is 4.97. The summed E-state index contributed by atoms with van der Waals surface area (Å²) in [6, 6.07) is 7.04. The van der Waals surface area contributed by atoms with Crippen molar-refractivity contribution in [3.05, 3.63) is 69.4 Å². The fraction of sp³-hybridized carbons (Fsp3) is 0.360. The monoisotopic (exact) mass is 484 g/mol. The number of ether oxygens (including phenoxy) is 2. The van der Waals surface area contributed by atoms with Crippen LogP contribution in [0.2, 0.25) is 0 Å². The Kier molecular flexibility index (Phi) is 10.5. The lowest BCUT2D eigenvalue weighted by molar-refractivity contribution is -0.142. The number of nitrogen functional groups attached to an aromatic ring is 1. The Hall–Kier alpha value is -4.08. The number of carbonyl (C=O) groups is 2. The van der Waals surface area contributed by atoms with Gasteiger partial charge in [-0.3, -0.25) is 19.1 Å². The zero-order valence-corrected chi connectivity index (χ0v) is 20.1. The summed E-state index contributed by atoms with van der Waals surface area (Å²) in [5, 5.41) is 0. The smallest absolute Gasteiger partial charge is 0.331 e. The van der Waals surface area contributed by atoms with E-state index in [2.05, 4.69) is 11.6 Å². The molecule has 1 aromatic carbocycles. The van der Waals surface area contributed by atoms with Crippen LogP contribution < -0.4 is 26.6 Å². The van der Waals surface area contributed by atoms with Crippen LogP contribution >= 0.6 is 0 Å². The van der Waals surface area contributed by atoms with E-state index in [-0.39, 0.29) is 24.6 Å². The molecule has 10 heteroatoms. The number of benzene rings is 1. The molecule has 0 spiro atoms. The topological polar surface area (TPSA) is 137 Å². The van der Waals surface area contributed by atoms with Crippen molar-refractivity contribution in [3.63, 3.8) is 0 Å². The first-order chi connectivity index (χ1) is 16.8. The fourth-order valence-corrected chi connectivity index (χ4v) is 3.21. The summed E-state index contributed by atoms with van der Waals surface area (Å²) in [7, 11) is 0. The average molecular weight is 485 g/mol. The number of H-pyrrole nitrogens is 1. The number of rotatable bonds is 13. The Morgan fingerprint density at radius 2 is 1.89 bits per heavy atom. The molecule has 2 aromatic rings. The normalized spacial score (nSPS) is 10.8. The van der Waals surface area contributed by atoms with E-state index in [1.54, 1.807) is 36.4 Å². The van der Waals surface area contributed by atoms with E-state index in [4.69, 9.17) is 15.2 Å². The van der Waals surface area contributed by atoms with Gasteiger partial charge in [-0.2, -0.15) is 0 Å². The summed E-state index contributed by atoms with van der Waals surface area (Å²) < 4.78 is 11.7. The predicted octanol–water partition coefficient (Wildman–Crippen LogP) is 2.48. The summed E-state index contributed by atoms with van der Waals surface area (Å²) in [6.07, 6.45) is 6.32. The van der Waals surface area contributed by atoms with Gasteiger partial charge >= 0.3 is 11.7 Å². The maximum absolute atomic E-state index is 12.9. The van der Waals surface area contributed by atoms with Crippen LogP contribution in [0.3, 0.4) is 0 Å². The summed E-state index contributed by atoms with van der Waals surface area (Å²) >= 11 is 0. The van der Waals surface area contributed by atoms with Gasteiger partial charge in [0.1, 0.15) is 18.2 Å². The molecule has 2 rings (SSSR count). The highest BCUT2D eigenvalue weighted by atomic mass is 16.5. The van der Waals surface area contributed by atoms with Gasteiger partial charge in [0.15, 0.2) is 12.3 Å². The van der Waals surface area contributed by atoms with Crippen LogP contribution in [0.15, 0.2) is 52.6 Å². The molecule has 0 bridgehead atoms. The number of unbranched alkanes of at least 4 members (excludes halogenated alkanes) is 1. The molecule has 0 aliphatic carbocycles. The predicted molar refractivity (Wildman–Crippen MR) is 135 cm³/mol. The molecule has 0 fully saturated rings. The second-order valence-electron chi connectivity index (χ2n) is 7.65. The van der Waals surface area contributed by atoms with Crippen molar-refractivity contribution in [2.24, 2.45) is 0 Å². The zero-order valence-electron chi connectivity index (χ0n) is 20.1. The summed E-state index contributed by atoms with van der Waals surface area (Å²) in [5.74, 6) is -0.778. The maximum atomic E-state index is 12.9. The zero-order chi connectivity index (χ0) is 25.8. The van der Waals surface area contributed by atoms with Crippen LogP contribution in [0, 0.1) is 0 Å². The number of anilines is 2. The van der Waals surface area contributed by atoms with Crippen LogP contribution in [0.1, 0.15) is 38.7 Å². The number of nitrogens with one attached hydrogen (secondary N) is 1. The average Bonchev–Trinajstić information content (AvgIpc) is 2.85. The summed E-state index contributed by atoms with van der Waals surface area (Å²) in [4.78, 5) is 53.1. The van der Waals surface area contributed by atoms with Crippen molar-refractivity contribution < 1.29 is 19.1 Å². The molecule has 1 aromatic heterocycles. The van der Waals surface area contributed by atoms with Gasteiger partial charge in [0.25, 0.3) is 11.5 Å². The van der Waals surface area contributed by atoms with E-state index in [0.717, 1.165) is 12.0 Å². The first kappa shape index (κ1) is 27.2. The molecule has 1 heterocycles. The number of hydrogen-bond donors (Lipinski definition) is 2. The van der Waals surface area contributed by atoms with E-state index < -0.39 is 29.7 Å². The van der Waals surface area contributed by atoms with Crippen LogP contribution in [0.5, 0.6) is 5.75 Å². The SMILES string of the molecule is C=CCOc1ccc(/C=C/C(=O)OCC(=O)N(CCCC)c2c(N)n(CCC)c(=O)[nH]c2=O)cc1. The number of aromatic nitrogens is 2. The number of amides is 1. The van der Waals surface area contributed by atoms with Gasteiger partial charge in [-0.1, -0.05) is 45.1 Å². The second-order valence-corrected chi connectivity index (χ2v) is 7.65. The largest absolute Gasteiger partial charge is 0.490 e. The molecular formula is C25H32N4O6. The van der Waals surface area contributed by atoms with Gasteiger partial charge < -0.3 is 20.1 Å². The Morgan fingerprint density at radius 1 is 1.17 bits per heavy atom. The number of esters is 1. The van der Waals surface area contributed by atoms with E-state index in [1.165, 1.54) is 15.5 Å². The number of nitrogens with two attached hydrogens (primary N) is 1. The molecule has 0 saturated heterocycles. The lowest BCUT2D eigenvalue weighted by Gasteiger charge is -2.24. The third kappa shape index (κ3) is 7.73. The molecule has 1 amide bonds. The van der Waals surface area contributed by atoms with Crippen molar-refractivity contribution in [3.8, 4) is 5.75 Å². The van der Waals surface area contributed by atoms with E-state index in [0.29, 0.717) is 25.2 Å². The minimum absolute atomic E-state index is 0.100. The molecule has 0 unspecified atom stereocenters. The van der Waals surface area contributed by atoms with Gasteiger partial charge in [0.05, 0.1) is 0 Å². The summed E-state index contributed by atoms with van der Waals surface area (Å²) in [6.45, 7) is 7.63. The first-order valence-electron chi connectivity index (χ1n) is 11.4. The third-order valence-electron chi connectivity index (χ3n) is 4.97. The maximum Gasteiger partial charge on any atom is 0.331 e. The van der Waals surface area contributed by atoms with Crippen LogP contribution in [0.25, 0.3) is 6.08 Å². The Balaban J connectivity index is 2.12. The van der Waals surface area contributed by atoms with Gasteiger partial charge in [0, 0.05) is 19.2 Å². The van der Waals surface area contributed by atoms with Crippen molar-refractivity contribution in [2.75, 3.05) is 30.4 Å². The van der Waals surface area contributed by atoms with Crippen molar-refractivity contribution in [1.29, 1.82) is 0 Å². The highest BCUT2D eigenvalue weighted by Crippen LogP contribution is 2.18. The summed E-state index contributed by atoms with van der Waals surface area (Å²) in [5.41, 5.74) is 5.31. The van der Waals surface area contributed by atoms with Crippen LogP contribution in [0.4, 0.5) is 11.5 Å². The minimum atomic E-state index is -0.768. The quantitative estimate of drug-likeness (QED) is 0.253. The Labute approximate surface area is 203 Å². The highest BCUT2D eigenvalue weighted by Gasteiger charge is 2.24. The molecule has 0 aliphatic heterocycles. The highest BCUT2D eigenvalue weighted by molar-refractivity contribution is 5.98.